The molecule has 100 valence electrons. The SMILES string of the molecule is CCOCc1nc(-c2ccc(C)c(C)c2)cc(=O)[nH]1. The average molecular weight is 258 g/mol. The number of benzene rings is 1. The van der Waals surface area contributed by atoms with Crippen LogP contribution in [0.25, 0.3) is 11.3 Å². The fraction of sp³-hybridized carbons (Fsp3) is 0.333. The molecule has 4 heteroatoms. The summed E-state index contributed by atoms with van der Waals surface area (Å²) in [6, 6.07) is 7.57. The number of aryl methyl sites for hydroxylation is 2. The van der Waals surface area contributed by atoms with Gasteiger partial charge in [0.05, 0.1) is 5.69 Å². The zero-order valence-electron chi connectivity index (χ0n) is 11.5. The van der Waals surface area contributed by atoms with E-state index in [2.05, 4.69) is 16.9 Å². The Morgan fingerprint density at radius 2 is 2.00 bits per heavy atom. The highest BCUT2D eigenvalue weighted by Crippen LogP contribution is 2.19. The lowest BCUT2D eigenvalue weighted by Gasteiger charge is -2.07. The predicted molar refractivity (Wildman–Crippen MR) is 75.1 cm³/mol. The second kappa shape index (κ2) is 5.80. The van der Waals surface area contributed by atoms with Crippen molar-refractivity contribution in [3.05, 3.63) is 51.6 Å². The summed E-state index contributed by atoms with van der Waals surface area (Å²) in [5.74, 6) is 0.558. The van der Waals surface area contributed by atoms with Crippen molar-refractivity contribution in [1.29, 1.82) is 0 Å². The van der Waals surface area contributed by atoms with Crippen LogP contribution in [0.3, 0.4) is 0 Å². The lowest BCUT2D eigenvalue weighted by molar-refractivity contribution is 0.128. The Morgan fingerprint density at radius 3 is 2.68 bits per heavy atom. The summed E-state index contributed by atoms with van der Waals surface area (Å²) in [5.41, 5.74) is 3.89. The van der Waals surface area contributed by atoms with E-state index in [0.717, 1.165) is 5.56 Å². The number of H-pyrrole nitrogens is 1. The zero-order chi connectivity index (χ0) is 13.8. The van der Waals surface area contributed by atoms with Gasteiger partial charge in [-0.1, -0.05) is 12.1 Å². The summed E-state index contributed by atoms with van der Waals surface area (Å²) in [4.78, 5) is 18.8. The van der Waals surface area contributed by atoms with Gasteiger partial charge in [-0.05, 0) is 38.0 Å². The summed E-state index contributed by atoms with van der Waals surface area (Å²) in [5, 5.41) is 0. The van der Waals surface area contributed by atoms with Crippen molar-refractivity contribution < 1.29 is 4.74 Å². The molecule has 0 aliphatic heterocycles. The minimum absolute atomic E-state index is 0.155. The Bertz CT molecular complexity index is 632. The van der Waals surface area contributed by atoms with E-state index < -0.39 is 0 Å². The van der Waals surface area contributed by atoms with E-state index in [4.69, 9.17) is 4.74 Å². The minimum atomic E-state index is -0.155. The third-order valence-corrected chi connectivity index (χ3v) is 3.04. The number of rotatable bonds is 4. The van der Waals surface area contributed by atoms with Crippen LogP contribution in [0, 0.1) is 13.8 Å². The van der Waals surface area contributed by atoms with Crippen LogP contribution in [0.1, 0.15) is 23.9 Å². The van der Waals surface area contributed by atoms with Gasteiger partial charge < -0.3 is 9.72 Å². The molecular formula is C15H18N2O2. The quantitative estimate of drug-likeness (QED) is 0.917. The molecule has 1 aromatic heterocycles. The first kappa shape index (κ1) is 13.5. The van der Waals surface area contributed by atoms with Gasteiger partial charge in [-0.15, -0.1) is 0 Å². The molecule has 4 nitrogen and oxygen atoms in total. The third-order valence-electron chi connectivity index (χ3n) is 3.04. The fourth-order valence-corrected chi connectivity index (χ4v) is 1.82. The predicted octanol–water partition coefficient (Wildman–Crippen LogP) is 2.59. The molecule has 0 spiro atoms. The third kappa shape index (κ3) is 3.29. The van der Waals surface area contributed by atoms with Gasteiger partial charge in [0, 0.05) is 18.2 Å². The maximum Gasteiger partial charge on any atom is 0.251 e. The van der Waals surface area contributed by atoms with Crippen molar-refractivity contribution in [2.45, 2.75) is 27.4 Å². The molecular weight excluding hydrogens is 240 g/mol. The molecule has 2 aromatic rings. The Balaban J connectivity index is 2.40. The van der Waals surface area contributed by atoms with E-state index in [-0.39, 0.29) is 5.56 Å². The molecule has 0 atom stereocenters. The number of hydrogen-bond donors (Lipinski definition) is 1. The average Bonchev–Trinajstić information content (AvgIpc) is 2.39. The van der Waals surface area contributed by atoms with E-state index in [1.165, 1.54) is 17.2 Å². The number of ether oxygens (including phenoxy) is 1. The van der Waals surface area contributed by atoms with E-state index in [1.807, 2.05) is 32.0 Å². The second-order valence-corrected chi connectivity index (χ2v) is 4.51. The summed E-state index contributed by atoms with van der Waals surface area (Å²) in [6.07, 6.45) is 0. The van der Waals surface area contributed by atoms with Crippen molar-refractivity contribution >= 4 is 0 Å². The van der Waals surface area contributed by atoms with E-state index in [1.54, 1.807) is 0 Å². The number of aromatic amines is 1. The van der Waals surface area contributed by atoms with Gasteiger partial charge in [0.25, 0.3) is 5.56 Å². The summed E-state index contributed by atoms with van der Waals surface area (Å²) >= 11 is 0. The number of aromatic nitrogens is 2. The van der Waals surface area contributed by atoms with Gasteiger partial charge in [-0.25, -0.2) is 4.98 Å². The molecule has 0 aliphatic rings. The van der Waals surface area contributed by atoms with Crippen LogP contribution in [0.5, 0.6) is 0 Å². The van der Waals surface area contributed by atoms with Crippen LogP contribution in [0.15, 0.2) is 29.1 Å². The molecule has 2 rings (SSSR count). The topological polar surface area (TPSA) is 55.0 Å². The molecule has 0 unspecified atom stereocenters. The van der Waals surface area contributed by atoms with Crippen LogP contribution in [-0.4, -0.2) is 16.6 Å². The lowest BCUT2D eigenvalue weighted by Crippen LogP contribution is -2.12. The molecule has 1 N–H and O–H groups in total. The number of hydrogen-bond acceptors (Lipinski definition) is 3. The standard InChI is InChI=1S/C15H18N2O2/c1-4-19-9-14-16-13(8-15(18)17-14)12-6-5-10(2)11(3)7-12/h5-8H,4,9H2,1-3H3,(H,16,17,18). The highest BCUT2D eigenvalue weighted by atomic mass is 16.5. The van der Waals surface area contributed by atoms with Gasteiger partial charge in [0.2, 0.25) is 0 Å². The second-order valence-electron chi connectivity index (χ2n) is 4.51. The first-order valence-electron chi connectivity index (χ1n) is 6.35. The molecule has 1 heterocycles. The van der Waals surface area contributed by atoms with Gasteiger partial charge >= 0.3 is 0 Å². The molecule has 1 aromatic carbocycles. The first-order chi connectivity index (χ1) is 9.10. The molecule has 0 aliphatic carbocycles. The molecule has 0 radical (unpaired) electrons. The monoisotopic (exact) mass is 258 g/mol. The zero-order valence-corrected chi connectivity index (χ0v) is 11.5. The van der Waals surface area contributed by atoms with Crippen molar-refractivity contribution in [1.82, 2.24) is 9.97 Å². The Hall–Kier alpha value is -1.94. The molecule has 0 bridgehead atoms. The van der Waals surface area contributed by atoms with Crippen LogP contribution in [0.2, 0.25) is 0 Å². The largest absolute Gasteiger partial charge is 0.374 e. The van der Waals surface area contributed by atoms with Crippen LogP contribution in [-0.2, 0) is 11.3 Å². The fourth-order valence-electron chi connectivity index (χ4n) is 1.82. The van der Waals surface area contributed by atoms with E-state index in [9.17, 15) is 4.79 Å². The van der Waals surface area contributed by atoms with Gasteiger partial charge in [-0.3, -0.25) is 4.79 Å². The van der Waals surface area contributed by atoms with Crippen LogP contribution in [0.4, 0.5) is 0 Å². The molecule has 0 amide bonds. The Labute approximate surface area is 112 Å². The minimum Gasteiger partial charge on any atom is -0.374 e. The number of nitrogens with one attached hydrogen (secondary N) is 1. The normalized spacial score (nSPS) is 10.7. The van der Waals surface area contributed by atoms with Crippen LogP contribution >= 0.6 is 0 Å². The lowest BCUT2D eigenvalue weighted by atomic mass is 10.0. The maximum absolute atomic E-state index is 11.6. The summed E-state index contributed by atoms with van der Waals surface area (Å²) < 4.78 is 5.28. The van der Waals surface area contributed by atoms with E-state index in [0.29, 0.717) is 24.7 Å². The van der Waals surface area contributed by atoms with Crippen molar-refractivity contribution in [2.75, 3.05) is 6.61 Å². The molecule has 0 saturated carbocycles. The molecule has 0 saturated heterocycles. The first-order valence-corrected chi connectivity index (χ1v) is 6.35. The Morgan fingerprint density at radius 1 is 1.21 bits per heavy atom. The number of nitrogens with zero attached hydrogens (tertiary/aromatic N) is 1. The Kier molecular flexibility index (Phi) is 4.12. The smallest absolute Gasteiger partial charge is 0.251 e. The highest BCUT2D eigenvalue weighted by molar-refractivity contribution is 5.60. The summed E-state index contributed by atoms with van der Waals surface area (Å²) in [6.45, 7) is 6.94. The molecule has 19 heavy (non-hydrogen) atoms. The maximum atomic E-state index is 11.6. The van der Waals surface area contributed by atoms with Crippen molar-refractivity contribution in [3.8, 4) is 11.3 Å². The van der Waals surface area contributed by atoms with Gasteiger partial charge in [0.1, 0.15) is 12.4 Å². The summed E-state index contributed by atoms with van der Waals surface area (Å²) in [7, 11) is 0. The van der Waals surface area contributed by atoms with Gasteiger partial charge in [0.15, 0.2) is 0 Å². The highest BCUT2D eigenvalue weighted by Gasteiger charge is 2.05. The van der Waals surface area contributed by atoms with E-state index >= 15 is 0 Å². The van der Waals surface area contributed by atoms with Crippen molar-refractivity contribution in [2.24, 2.45) is 0 Å². The van der Waals surface area contributed by atoms with Crippen LogP contribution < -0.4 is 5.56 Å². The van der Waals surface area contributed by atoms with Crippen molar-refractivity contribution in [3.63, 3.8) is 0 Å². The molecule has 0 fully saturated rings. The van der Waals surface area contributed by atoms with Gasteiger partial charge in [-0.2, -0.15) is 0 Å².